The van der Waals surface area contributed by atoms with Crippen LogP contribution in [0, 0.1) is 6.92 Å². The number of nitrogens with zero attached hydrogens (tertiary/aromatic N) is 3. The molecule has 2 fully saturated rings. The van der Waals surface area contributed by atoms with Crippen LogP contribution in [0.2, 0.25) is 0 Å². The van der Waals surface area contributed by atoms with Crippen LogP contribution < -0.4 is 10.6 Å². The van der Waals surface area contributed by atoms with Crippen molar-refractivity contribution in [3.63, 3.8) is 0 Å². The molecule has 0 bridgehead atoms. The minimum absolute atomic E-state index is 0.0162. The number of aliphatic hydroxyl groups excluding tert-OH is 1. The van der Waals surface area contributed by atoms with Crippen molar-refractivity contribution in [2.24, 2.45) is 0 Å². The molecule has 0 radical (unpaired) electrons. The van der Waals surface area contributed by atoms with Crippen LogP contribution in [0.25, 0.3) is 0 Å². The first-order valence-corrected chi connectivity index (χ1v) is 15.1. The number of aliphatic hydroxyl groups is 1. The Bertz CT molecular complexity index is 1370. The van der Waals surface area contributed by atoms with E-state index in [-0.39, 0.29) is 48.5 Å². The second kappa shape index (κ2) is 9.71. The molecular formula is C28H39N5O5S. The maximum Gasteiger partial charge on any atom is 0.287 e. The lowest BCUT2D eigenvalue weighted by Gasteiger charge is -2.38. The number of carbonyl (C=O) groups excluding carboxylic acids is 2. The predicted molar refractivity (Wildman–Crippen MR) is 147 cm³/mol. The molecule has 2 saturated carbocycles. The topological polar surface area (TPSA) is 134 Å². The number of rotatable bonds is 11. The summed E-state index contributed by atoms with van der Waals surface area (Å²) in [6, 6.07) is 7.85. The molecule has 11 heteroatoms. The van der Waals surface area contributed by atoms with E-state index in [0.717, 1.165) is 24.0 Å². The fourth-order valence-electron chi connectivity index (χ4n) is 5.25. The third-order valence-corrected chi connectivity index (χ3v) is 12.1. The molecule has 39 heavy (non-hydrogen) atoms. The SMILES string of the molecule is Cc1ccc(CNC(=O)c2ncc3n2CCN(CC2(S(=O)(=O)C(C)(C)[C@@H](O)CNC4(C)CC4)CC2)C3=O)cc1. The first-order chi connectivity index (χ1) is 18.3. The molecule has 2 amide bonds. The molecule has 2 heterocycles. The Morgan fingerprint density at radius 3 is 2.44 bits per heavy atom. The van der Waals surface area contributed by atoms with E-state index in [1.807, 2.05) is 31.2 Å². The third kappa shape index (κ3) is 5.12. The van der Waals surface area contributed by atoms with Gasteiger partial charge in [-0.05, 0) is 58.9 Å². The second-order valence-electron chi connectivity index (χ2n) is 12.3. The van der Waals surface area contributed by atoms with Crippen LogP contribution >= 0.6 is 0 Å². The van der Waals surface area contributed by atoms with Gasteiger partial charge in [0.15, 0.2) is 15.7 Å². The summed E-state index contributed by atoms with van der Waals surface area (Å²) in [6.07, 6.45) is 3.25. The van der Waals surface area contributed by atoms with Crippen LogP contribution in [0.3, 0.4) is 0 Å². The summed E-state index contributed by atoms with van der Waals surface area (Å²) in [5, 5.41) is 17.0. The third-order valence-electron chi connectivity index (χ3n) is 8.81. The van der Waals surface area contributed by atoms with Crippen LogP contribution in [-0.4, -0.2) is 80.6 Å². The number of imidazole rings is 1. The van der Waals surface area contributed by atoms with Crippen LogP contribution in [0.4, 0.5) is 0 Å². The Morgan fingerprint density at radius 1 is 1.15 bits per heavy atom. The number of aromatic nitrogens is 2. The van der Waals surface area contributed by atoms with Crippen LogP contribution in [0.1, 0.15) is 78.7 Å². The van der Waals surface area contributed by atoms with Crippen molar-refractivity contribution in [3.05, 3.63) is 53.1 Å². The van der Waals surface area contributed by atoms with Gasteiger partial charge in [-0.1, -0.05) is 29.8 Å². The average molecular weight is 558 g/mol. The van der Waals surface area contributed by atoms with Crippen molar-refractivity contribution in [2.45, 2.75) is 87.6 Å². The molecule has 0 saturated heterocycles. The Hall–Kier alpha value is -2.76. The van der Waals surface area contributed by atoms with Crippen LogP contribution in [-0.2, 0) is 22.9 Å². The quantitative estimate of drug-likeness (QED) is 0.384. The number of hydrogen-bond acceptors (Lipinski definition) is 7. The molecular weight excluding hydrogens is 518 g/mol. The van der Waals surface area contributed by atoms with Crippen molar-refractivity contribution in [1.82, 2.24) is 25.1 Å². The molecule has 1 aliphatic heterocycles. The van der Waals surface area contributed by atoms with E-state index in [9.17, 15) is 23.1 Å². The Labute approximate surface area is 230 Å². The summed E-state index contributed by atoms with van der Waals surface area (Å²) in [6.45, 7) is 8.47. The molecule has 10 nitrogen and oxygen atoms in total. The minimum Gasteiger partial charge on any atom is -0.390 e. The smallest absolute Gasteiger partial charge is 0.287 e. The maximum atomic E-state index is 13.8. The summed E-state index contributed by atoms with van der Waals surface area (Å²) >= 11 is 0. The second-order valence-corrected chi connectivity index (χ2v) is 15.2. The van der Waals surface area contributed by atoms with Crippen molar-refractivity contribution in [1.29, 1.82) is 0 Å². The summed E-state index contributed by atoms with van der Waals surface area (Å²) in [5.41, 5.74) is 2.35. The van der Waals surface area contributed by atoms with Crippen molar-refractivity contribution in [3.8, 4) is 0 Å². The maximum absolute atomic E-state index is 13.8. The zero-order valence-corrected chi connectivity index (χ0v) is 24.0. The summed E-state index contributed by atoms with van der Waals surface area (Å²) in [5.74, 6) is -0.539. The van der Waals surface area contributed by atoms with Gasteiger partial charge in [-0.25, -0.2) is 13.4 Å². The molecule has 0 unspecified atom stereocenters. The Kier molecular flexibility index (Phi) is 6.92. The lowest BCUT2D eigenvalue weighted by molar-refractivity contribution is 0.0697. The fourth-order valence-corrected chi connectivity index (χ4v) is 7.77. The molecule has 3 N–H and O–H groups in total. The van der Waals surface area contributed by atoms with Crippen molar-refractivity contribution < 1.29 is 23.1 Å². The van der Waals surface area contributed by atoms with Crippen LogP contribution in [0.15, 0.2) is 30.5 Å². The molecule has 5 rings (SSSR count). The lowest BCUT2D eigenvalue weighted by atomic mass is 10.1. The molecule has 2 aromatic rings. The van der Waals surface area contributed by atoms with Gasteiger partial charge in [-0.2, -0.15) is 0 Å². The van der Waals surface area contributed by atoms with E-state index in [1.54, 1.807) is 23.3 Å². The summed E-state index contributed by atoms with van der Waals surface area (Å²) in [7, 11) is -3.79. The molecule has 1 aromatic carbocycles. The highest BCUT2D eigenvalue weighted by Gasteiger charge is 2.62. The minimum atomic E-state index is -3.79. The molecule has 1 atom stereocenters. The summed E-state index contributed by atoms with van der Waals surface area (Å²) < 4.78 is 26.9. The van der Waals surface area contributed by atoms with Gasteiger partial charge >= 0.3 is 0 Å². The fraction of sp³-hybridized carbons (Fsp3) is 0.607. The number of hydrogen-bond donors (Lipinski definition) is 3. The van der Waals surface area contributed by atoms with E-state index in [2.05, 4.69) is 22.5 Å². The van der Waals surface area contributed by atoms with Crippen molar-refractivity contribution >= 4 is 21.7 Å². The van der Waals surface area contributed by atoms with Gasteiger partial charge in [0.1, 0.15) is 5.69 Å². The molecule has 0 spiro atoms. The van der Waals surface area contributed by atoms with Gasteiger partial charge in [0.25, 0.3) is 11.8 Å². The van der Waals surface area contributed by atoms with Gasteiger partial charge in [-0.15, -0.1) is 0 Å². The number of nitrogens with one attached hydrogen (secondary N) is 2. The number of β-amino-alcohol motifs (C(OH)–C–C–N with tert-alkyl or cyclic N) is 1. The number of fused-ring (bicyclic) bond motifs is 1. The highest BCUT2D eigenvalue weighted by Crippen LogP contribution is 2.50. The first-order valence-electron chi connectivity index (χ1n) is 13.6. The average Bonchev–Trinajstić information content (AvgIpc) is 3.80. The van der Waals surface area contributed by atoms with E-state index in [0.29, 0.717) is 25.9 Å². The monoisotopic (exact) mass is 557 g/mol. The van der Waals surface area contributed by atoms with Gasteiger partial charge in [0.05, 0.1) is 21.8 Å². The number of benzene rings is 1. The largest absolute Gasteiger partial charge is 0.390 e. The predicted octanol–water partition coefficient (Wildman–Crippen LogP) is 1.81. The first kappa shape index (κ1) is 27.8. The number of aryl methyl sites for hydroxylation is 1. The number of amides is 2. The normalized spacial score (nSPS) is 20.3. The Balaban J connectivity index is 1.25. The van der Waals surface area contributed by atoms with Crippen LogP contribution in [0.5, 0.6) is 0 Å². The van der Waals surface area contributed by atoms with E-state index in [1.165, 1.54) is 6.20 Å². The van der Waals surface area contributed by atoms with Gasteiger partial charge < -0.3 is 25.2 Å². The van der Waals surface area contributed by atoms with E-state index in [4.69, 9.17) is 0 Å². The zero-order chi connectivity index (χ0) is 28.2. The molecule has 212 valence electrons. The van der Waals surface area contributed by atoms with E-state index < -0.39 is 25.4 Å². The molecule has 3 aliphatic rings. The van der Waals surface area contributed by atoms with Gasteiger partial charge in [0.2, 0.25) is 0 Å². The van der Waals surface area contributed by atoms with Gasteiger partial charge in [-0.3, -0.25) is 9.59 Å². The van der Waals surface area contributed by atoms with Gasteiger partial charge in [0, 0.05) is 38.3 Å². The highest BCUT2D eigenvalue weighted by molar-refractivity contribution is 7.94. The Morgan fingerprint density at radius 2 is 1.82 bits per heavy atom. The number of carbonyl (C=O) groups is 2. The van der Waals surface area contributed by atoms with E-state index >= 15 is 0 Å². The zero-order valence-electron chi connectivity index (χ0n) is 23.2. The summed E-state index contributed by atoms with van der Waals surface area (Å²) in [4.78, 5) is 32.0. The lowest BCUT2D eigenvalue weighted by Crippen LogP contribution is -2.57. The molecule has 2 aliphatic carbocycles. The molecule has 1 aromatic heterocycles. The standard InChI is InChI=1S/C28H39N5O5S/c1-19-5-7-20(8-6-19)15-30-24(35)23-29-16-21-25(36)32(13-14-33(21)23)18-28(11-12-28)39(37,38)26(2,3)22(34)17-31-27(4)9-10-27/h5-8,16,22,31,34H,9-15,17-18H2,1-4H3,(H,30,35)/t22-/m0/s1. The highest BCUT2D eigenvalue weighted by atomic mass is 32.2. The van der Waals surface area contributed by atoms with Crippen molar-refractivity contribution in [2.75, 3.05) is 19.6 Å². The number of sulfone groups is 1.